The lowest BCUT2D eigenvalue weighted by molar-refractivity contribution is 0.586. The summed E-state index contributed by atoms with van der Waals surface area (Å²) in [5.74, 6) is 0.368. The molecule has 3 nitrogen and oxygen atoms in total. The number of hydrogen-bond acceptors (Lipinski definition) is 4. The van der Waals surface area contributed by atoms with E-state index in [2.05, 4.69) is 109 Å². The van der Waals surface area contributed by atoms with E-state index in [1.54, 1.807) is 11.3 Å². The molecule has 0 spiro atoms. The van der Waals surface area contributed by atoms with Gasteiger partial charge in [0.1, 0.15) is 11.1 Å². The van der Waals surface area contributed by atoms with Gasteiger partial charge in [0.25, 0.3) is 0 Å². The molecule has 0 N–H and O–H groups in total. The zero-order valence-corrected chi connectivity index (χ0v) is 23.4. The maximum Gasteiger partial charge on any atom is 0.162 e. The highest BCUT2D eigenvalue weighted by molar-refractivity contribution is 7.18. The average molecular weight is 505 g/mol. The van der Waals surface area contributed by atoms with Gasteiger partial charge in [-0.25, -0.2) is 4.98 Å². The van der Waals surface area contributed by atoms with Crippen LogP contribution in [0.5, 0.6) is 0 Å². The van der Waals surface area contributed by atoms with Crippen molar-refractivity contribution in [3.05, 3.63) is 82.5 Å². The first kappa shape index (κ1) is 23.9. The Morgan fingerprint density at radius 2 is 1.54 bits per heavy atom. The fourth-order valence-electron chi connectivity index (χ4n) is 5.30. The van der Waals surface area contributed by atoms with E-state index in [-0.39, 0.29) is 5.41 Å². The first-order valence-corrected chi connectivity index (χ1v) is 13.8. The van der Waals surface area contributed by atoms with Gasteiger partial charge in [-0.05, 0) is 71.8 Å². The molecule has 0 aliphatic carbocycles. The molecule has 3 aromatic heterocycles. The monoisotopic (exact) mass is 504 g/mol. The highest BCUT2D eigenvalue weighted by atomic mass is 32.1. The Balaban J connectivity index is 1.61. The number of aromatic nitrogens is 2. The van der Waals surface area contributed by atoms with Crippen molar-refractivity contribution >= 4 is 43.5 Å². The summed E-state index contributed by atoms with van der Waals surface area (Å²) in [6, 6.07) is 19.5. The largest absolute Gasteiger partial charge is 0.453 e. The van der Waals surface area contributed by atoms with Crippen molar-refractivity contribution in [2.24, 2.45) is 0 Å². The molecule has 0 saturated carbocycles. The topological polar surface area (TPSA) is 38.9 Å². The van der Waals surface area contributed by atoms with Crippen LogP contribution in [0.4, 0.5) is 0 Å². The Morgan fingerprint density at radius 3 is 2.24 bits per heavy atom. The molecule has 0 fully saturated rings. The van der Waals surface area contributed by atoms with Crippen LogP contribution in [0.1, 0.15) is 62.2 Å². The second kappa shape index (κ2) is 8.53. The Hall–Kier alpha value is -3.50. The SMILES string of the molecule is Cc1cccc(C)c1-c1cc(-c2cccc3c2oc2c3ccc3sc(C(C)(C)C)nc32)ncc1C(C)C. The van der Waals surface area contributed by atoms with E-state index >= 15 is 0 Å². The van der Waals surface area contributed by atoms with E-state index in [0.29, 0.717) is 5.92 Å². The molecule has 0 bridgehead atoms. The van der Waals surface area contributed by atoms with Crippen LogP contribution in [0.25, 0.3) is 54.5 Å². The number of furan rings is 1. The van der Waals surface area contributed by atoms with E-state index in [0.717, 1.165) is 48.4 Å². The molecule has 0 radical (unpaired) electrons. The van der Waals surface area contributed by atoms with Gasteiger partial charge in [0.2, 0.25) is 0 Å². The van der Waals surface area contributed by atoms with Gasteiger partial charge in [0.15, 0.2) is 5.58 Å². The predicted octanol–water partition coefficient (Wildman–Crippen LogP) is 9.96. The number of para-hydroxylation sites is 1. The summed E-state index contributed by atoms with van der Waals surface area (Å²) in [5.41, 5.74) is 11.0. The van der Waals surface area contributed by atoms with Crippen LogP contribution in [-0.2, 0) is 5.41 Å². The van der Waals surface area contributed by atoms with E-state index in [1.165, 1.54) is 27.8 Å². The Morgan fingerprint density at radius 1 is 0.838 bits per heavy atom. The third-order valence-corrected chi connectivity index (χ3v) is 8.69. The number of rotatable bonds is 3. The van der Waals surface area contributed by atoms with Crippen LogP contribution in [0, 0.1) is 13.8 Å². The summed E-state index contributed by atoms with van der Waals surface area (Å²) < 4.78 is 7.81. The van der Waals surface area contributed by atoms with Gasteiger partial charge < -0.3 is 4.42 Å². The van der Waals surface area contributed by atoms with Crippen molar-refractivity contribution in [2.75, 3.05) is 0 Å². The van der Waals surface area contributed by atoms with Crippen LogP contribution in [0.2, 0.25) is 0 Å². The van der Waals surface area contributed by atoms with E-state index in [9.17, 15) is 0 Å². The number of nitrogens with zero attached hydrogens (tertiary/aromatic N) is 2. The summed E-state index contributed by atoms with van der Waals surface area (Å²) in [6.45, 7) is 15.5. The fourth-order valence-corrected chi connectivity index (χ4v) is 6.32. The zero-order valence-electron chi connectivity index (χ0n) is 22.6. The second-order valence-corrected chi connectivity index (χ2v) is 12.5. The molecule has 0 aliphatic rings. The molecule has 0 aliphatic heterocycles. The zero-order chi connectivity index (χ0) is 26.1. The van der Waals surface area contributed by atoms with Gasteiger partial charge in [-0.1, -0.05) is 65.0 Å². The molecule has 3 aromatic carbocycles. The van der Waals surface area contributed by atoms with E-state index < -0.39 is 0 Å². The van der Waals surface area contributed by atoms with Gasteiger partial charge in [-0.3, -0.25) is 4.98 Å². The van der Waals surface area contributed by atoms with Crippen molar-refractivity contribution in [3.63, 3.8) is 0 Å². The number of hydrogen-bond donors (Lipinski definition) is 0. The lowest BCUT2D eigenvalue weighted by Crippen LogP contribution is -2.09. The highest BCUT2D eigenvalue weighted by Crippen LogP contribution is 2.42. The molecule has 0 atom stereocenters. The van der Waals surface area contributed by atoms with Gasteiger partial charge >= 0.3 is 0 Å². The Bertz CT molecular complexity index is 1790. The van der Waals surface area contributed by atoms with Crippen LogP contribution >= 0.6 is 11.3 Å². The summed E-state index contributed by atoms with van der Waals surface area (Å²) >= 11 is 1.75. The van der Waals surface area contributed by atoms with Gasteiger partial charge in [-0.2, -0.15) is 0 Å². The van der Waals surface area contributed by atoms with Crippen molar-refractivity contribution in [1.82, 2.24) is 9.97 Å². The number of pyridine rings is 1. The second-order valence-electron chi connectivity index (χ2n) is 11.4. The van der Waals surface area contributed by atoms with E-state index in [1.807, 2.05) is 0 Å². The third kappa shape index (κ3) is 3.86. The first-order valence-electron chi connectivity index (χ1n) is 13.0. The average Bonchev–Trinajstić information content (AvgIpc) is 3.45. The fraction of sp³-hybridized carbons (Fsp3) is 0.273. The van der Waals surface area contributed by atoms with Crippen molar-refractivity contribution in [2.45, 2.75) is 59.8 Å². The van der Waals surface area contributed by atoms with Crippen molar-refractivity contribution in [1.29, 1.82) is 0 Å². The third-order valence-electron chi connectivity index (χ3n) is 7.25. The Labute approximate surface area is 222 Å². The smallest absolute Gasteiger partial charge is 0.162 e. The van der Waals surface area contributed by atoms with Crippen LogP contribution in [-0.4, -0.2) is 9.97 Å². The standard InChI is InChI=1S/C33H32N2OS/c1-18(2)25-17-34-26(16-24(25)28-19(3)10-8-11-20(28)4)23-13-9-12-21-22-14-15-27-29(31(22)36-30(21)23)35-32(37-27)33(5,6)7/h8-18H,1-7H3. The summed E-state index contributed by atoms with van der Waals surface area (Å²) in [4.78, 5) is 9.98. The normalized spacial score (nSPS) is 12.4. The molecule has 6 aromatic rings. The molecule has 0 saturated heterocycles. The summed E-state index contributed by atoms with van der Waals surface area (Å²) in [6.07, 6.45) is 2.05. The molecule has 186 valence electrons. The molecule has 4 heteroatoms. The van der Waals surface area contributed by atoms with Crippen LogP contribution < -0.4 is 0 Å². The number of fused-ring (bicyclic) bond motifs is 5. The molecular formula is C33H32N2OS. The molecule has 0 unspecified atom stereocenters. The van der Waals surface area contributed by atoms with Crippen molar-refractivity contribution < 1.29 is 4.42 Å². The predicted molar refractivity (Wildman–Crippen MR) is 158 cm³/mol. The molecule has 3 heterocycles. The molecule has 37 heavy (non-hydrogen) atoms. The Kier molecular flexibility index (Phi) is 5.50. The van der Waals surface area contributed by atoms with Crippen LogP contribution in [0.3, 0.4) is 0 Å². The minimum absolute atomic E-state index is 0.000627. The lowest BCUT2D eigenvalue weighted by Gasteiger charge is -2.18. The van der Waals surface area contributed by atoms with Crippen molar-refractivity contribution in [3.8, 4) is 22.4 Å². The summed E-state index contributed by atoms with van der Waals surface area (Å²) in [7, 11) is 0. The van der Waals surface area contributed by atoms with E-state index in [4.69, 9.17) is 14.4 Å². The molecular weight excluding hydrogens is 472 g/mol. The van der Waals surface area contributed by atoms with Gasteiger partial charge in [-0.15, -0.1) is 11.3 Å². The van der Waals surface area contributed by atoms with Gasteiger partial charge in [0, 0.05) is 27.9 Å². The lowest BCUT2D eigenvalue weighted by atomic mass is 9.88. The quantitative estimate of drug-likeness (QED) is 0.241. The number of benzene rings is 3. The maximum atomic E-state index is 6.65. The minimum atomic E-state index is -0.000627. The highest BCUT2D eigenvalue weighted by Gasteiger charge is 2.23. The maximum absolute atomic E-state index is 6.65. The minimum Gasteiger partial charge on any atom is -0.453 e. The summed E-state index contributed by atoms with van der Waals surface area (Å²) in [5, 5.41) is 3.33. The first-order chi connectivity index (χ1) is 17.6. The molecule has 6 rings (SSSR count). The van der Waals surface area contributed by atoms with Gasteiger partial charge in [0.05, 0.1) is 15.4 Å². The molecule has 0 amide bonds. The van der Waals surface area contributed by atoms with Crippen LogP contribution in [0.15, 0.2) is 65.2 Å². The number of aryl methyl sites for hydroxylation is 2. The number of thiazole rings is 1.